The Labute approximate surface area is 131 Å². The van der Waals surface area contributed by atoms with Gasteiger partial charge < -0.3 is 21.0 Å². The van der Waals surface area contributed by atoms with Crippen molar-refractivity contribution >= 4 is 11.9 Å². The SMILES string of the molecule is Cc1cc(C=N)c(N)cc1C1CCN(C2COCC2O)CC1. The number of nitrogens with two attached hydrogens (primary N) is 1. The topological polar surface area (TPSA) is 82.6 Å². The highest BCUT2D eigenvalue weighted by Gasteiger charge is 2.34. The molecule has 2 aliphatic heterocycles. The van der Waals surface area contributed by atoms with E-state index in [4.69, 9.17) is 15.9 Å². The number of piperidine rings is 1. The van der Waals surface area contributed by atoms with E-state index in [0.29, 0.717) is 24.8 Å². The molecule has 1 aromatic carbocycles. The zero-order valence-corrected chi connectivity index (χ0v) is 13.1. The summed E-state index contributed by atoms with van der Waals surface area (Å²) >= 11 is 0. The van der Waals surface area contributed by atoms with Gasteiger partial charge in [0.25, 0.3) is 0 Å². The lowest BCUT2D eigenvalue weighted by Gasteiger charge is -2.37. The Kier molecular flexibility index (Phi) is 4.47. The zero-order valence-electron chi connectivity index (χ0n) is 13.1. The molecule has 2 atom stereocenters. The summed E-state index contributed by atoms with van der Waals surface area (Å²) in [5.74, 6) is 0.512. The molecule has 0 saturated carbocycles. The average molecular weight is 303 g/mol. The number of ether oxygens (including phenoxy) is 1. The van der Waals surface area contributed by atoms with E-state index in [0.717, 1.165) is 31.5 Å². The first-order chi connectivity index (χ1) is 10.6. The number of hydrogen-bond donors (Lipinski definition) is 3. The average Bonchev–Trinajstić information content (AvgIpc) is 2.95. The predicted molar refractivity (Wildman–Crippen MR) is 87.6 cm³/mol. The van der Waals surface area contributed by atoms with Gasteiger partial charge in [-0.2, -0.15) is 0 Å². The molecular weight excluding hydrogens is 278 g/mol. The lowest BCUT2D eigenvalue weighted by Crippen LogP contribution is -2.46. The van der Waals surface area contributed by atoms with Crippen LogP contribution in [0.2, 0.25) is 0 Å². The number of nitrogens with zero attached hydrogens (tertiary/aromatic N) is 1. The van der Waals surface area contributed by atoms with Gasteiger partial charge in [-0.3, -0.25) is 4.90 Å². The maximum Gasteiger partial charge on any atom is 0.0950 e. The van der Waals surface area contributed by atoms with Crippen LogP contribution in [0.4, 0.5) is 5.69 Å². The third-order valence-electron chi connectivity index (χ3n) is 5.09. The first-order valence-corrected chi connectivity index (χ1v) is 8.00. The summed E-state index contributed by atoms with van der Waals surface area (Å²) in [6, 6.07) is 4.22. The van der Waals surface area contributed by atoms with Crippen LogP contribution in [0, 0.1) is 12.3 Å². The van der Waals surface area contributed by atoms with E-state index in [1.54, 1.807) is 0 Å². The lowest BCUT2D eigenvalue weighted by atomic mass is 9.85. The molecule has 2 saturated heterocycles. The van der Waals surface area contributed by atoms with E-state index in [1.165, 1.54) is 17.3 Å². The van der Waals surface area contributed by atoms with Crippen molar-refractivity contribution < 1.29 is 9.84 Å². The van der Waals surface area contributed by atoms with Gasteiger partial charge >= 0.3 is 0 Å². The number of nitrogens with one attached hydrogen (secondary N) is 1. The van der Waals surface area contributed by atoms with E-state index in [9.17, 15) is 5.11 Å². The van der Waals surface area contributed by atoms with Crippen molar-refractivity contribution in [2.24, 2.45) is 0 Å². The smallest absolute Gasteiger partial charge is 0.0950 e. The van der Waals surface area contributed by atoms with Gasteiger partial charge in [0.15, 0.2) is 0 Å². The van der Waals surface area contributed by atoms with Gasteiger partial charge in [0.05, 0.1) is 25.4 Å². The van der Waals surface area contributed by atoms with Crippen LogP contribution in [0.25, 0.3) is 0 Å². The first-order valence-electron chi connectivity index (χ1n) is 8.00. The van der Waals surface area contributed by atoms with E-state index in [1.807, 2.05) is 12.1 Å². The van der Waals surface area contributed by atoms with Crippen molar-refractivity contribution in [2.75, 3.05) is 32.0 Å². The fraction of sp³-hybridized carbons (Fsp3) is 0.588. The third-order valence-corrected chi connectivity index (χ3v) is 5.09. The number of aliphatic hydroxyl groups is 1. The molecular formula is C17H25N3O2. The van der Waals surface area contributed by atoms with Crippen molar-refractivity contribution in [3.8, 4) is 0 Å². The molecule has 0 aliphatic carbocycles. The highest BCUT2D eigenvalue weighted by atomic mass is 16.5. The normalized spacial score (nSPS) is 27.2. The van der Waals surface area contributed by atoms with E-state index in [2.05, 4.69) is 11.8 Å². The third kappa shape index (κ3) is 2.89. The predicted octanol–water partition coefficient (Wildman–Crippen LogP) is 1.51. The Bertz CT molecular complexity index is 553. The number of nitrogen functional groups attached to an aromatic ring is 1. The number of aliphatic hydroxyl groups excluding tert-OH is 1. The molecule has 2 heterocycles. The highest BCUT2D eigenvalue weighted by molar-refractivity contribution is 5.85. The van der Waals surface area contributed by atoms with Gasteiger partial charge in [-0.05, 0) is 62.0 Å². The summed E-state index contributed by atoms with van der Waals surface area (Å²) < 4.78 is 5.37. The van der Waals surface area contributed by atoms with Crippen molar-refractivity contribution in [2.45, 2.75) is 37.8 Å². The van der Waals surface area contributed by atoms with Crippen molar-refractivity contribution in [3.05, 3.63) is 28.8 Å². The number of aryl methyl sites for hydroxylation is 1. The second-order valence-electron chi connectivity index (χ2n) is 6.46. The van der Waals surface area contributed by atoms with Gasteiger partial charge in [-0.1, -0.05) is 0 Å². The number of anilines is 1. The molecule has 0 bridgehead atoms. The minimum atomic E-state index is -0.346. The van der Waals surface area contributed by atoms with Gasteiger partial charge in [0.1, 0.15) is 0 Å². The van der Waals surface area contributed by atoms with Crippen LogP contribution in [0.5, 0.6) is 0 Å². The second kappa shape index (κ2) is 6.36. The number of rotatable bonds is 3. The molecule has 0 aromatic heterocycles. The van der Waals surface area contributed by atoms with Crippen molar-refractivity contribution in [1.82, 2.24) is 4.90 Å². The van der Waals surface area contributed by atoms with Crippen LogP contribution in [0.1, 0.15) is 35.4 Å². The van der Waals surface area contributed by atoms with Gasteiger partial charge in [-0.15, -0.1) is 0 Å². The molecule has 0 spiro atoms. The Morgan fingerprint density at radius 3 is 2.64 bits per heavy atom. The van der Waals surface area contributed by atoms with Crippen LogP contribution in [0.3, 0.4) is 0 Å². The minimum Gasteiger partial charge on any atom is -0.398 e. The molecule has 2 fully saturated rings. The van der Waals surface area contributed by atoms with Crippen molar-refractivity contribution in [3.63, 3.8) is 0 Å². The van der Waals surface area contributed by atoms with E-state index in [-0.39, 0.29) is 12.1 Å². The second-order valence-corrected chi connectivity index (χ2v) is 6.46. The van der Waals surface area contributed by atoms with Gasteiger partial charge in [0, 0.05) is 17.5 Å². The maximum atomic E-state index is 9.96. The van der Waals surface area contributed by atoms with Crippen LogP contribution in [0.15, 0.2) is 12.1 Å². The fourth-order valence-electron chi connectivity index (χ4n) is 3.75. The largest absolute Gasteiger partial charge is 0.398 e. The number of likely N-dealkylation sites (tertiary alicyclic amines) is 1. The summed E-state index contributed by atoms with van der Waals surface area (Å²) in [6.07, 6.45) is 3.12. The summed E-state index contributed by atoms with van der Waals surface area (Å²) in [5.41, 5.74) is 10.1. The van der Waals surface area contributed by atoms with Crippen LogP contribution >= 0.6 is 0 Å². The minimum absolute atomic E-state index is 0.160. The Balaban J connectivity index is 1.69. The summed E-state index contributed by atoms with van der Waals surface area (Å²) in [5, 5.41) is 17.3. The zero-order chi connectivity index (χ0) is 15.7. The van der Waals surface area contributed by atoms with Crippen molar-refractivity contribution in [1.29, 1.82) is 5.41 Å². The molecule has 2 aliphatic rings. The molecule has 0 amide bonds. The van der Waals surface area contributed by atoms with Crippen LogP contribution < -0.4 is 5.73 Å². The molecule has 5 heteroatoms. The number of hydrogen-bond acceptors (Lipinski definition) is 5. The molecule has 3 rings (SSSR count). The Morgan fingerprint density at radius 2 is 2.05 bits per heavy atom. The van der Waals surface area contributed by atoms with Crippen LogP contribution in [-0.4, -0.2) is 54.7 Å². The highest BCUT2D eigenvalue weighted by Crippen LogP contribution is 2.33. The molecule has 0 radical (unpaired) electrons. The lowest BCUT2D eigenvalue weighted by molar-refractivity contribution is 0.0663. The van der Waals surface area contributed by atoms with Gasteiger partial charge in [-0.25, -0.2) is 0 Å². The van der Waals surface area contributed by atoms with Gasteiger partial charge in [0.2, 0.25) is 0 Å². The Morgan fingerprint density at radius 1 is 1.32 bits per heavy atom. The van der Waals surface area contributed by atoms with E-state index >= 15 is 0 Å². The molecule has 22 heavy (non-hydrogen) atoms. The monoisotopic (exact) mass is 303 g/mol. The summed E-state index contributed by atoms with van der Waals surface area (Å²) in [6.45, 7) is 5.18. The van der Waals surface area contributed by atoms with Crippen LogP contribution in [-0.2, 0) is 4.74 Å². The summed E-state index contributed by atoms with van der Waals surface area (Å²) in [7, 11) is 0. The first kappa shape index (κ1) is 15.5. The quantitative estimate of drug-likeness (QED) is 0.584. The Hall–Kier alpha value is -1.43. The molecule has 5 nitrogen and oxygen atoms in total. The number of benzene rings is 1. The maximum absolute atomic E-state index is 9.96. The molecule has 120 valence electrons. The van der Waals surface area contributed by atoms with E-state index < -0.39 is 0 Å². The molecule has 4 N–H and O–H groups in total. The molecule has 2 unspecified atom stereocenters. The fourth-order valence-corrected chi connectivity index (χ4v) is 3.75. The molecule has 1 aromatic rings. The standard InChI is InChI=1S/C17H25N3O2/c1-11-6-13(8-18)15(19)7-14(11)12-2-4-20(5-3-12)16-9-22-10-17(16)21/h6-8,12,16-18,21H,2-5,9-10,19H2,1H3. The summed E-state index contributed by atoms with van der Waals surface area (Å²) in [4.78, 5) is 2.36.